The van der Waals surface area contributed by atoms with Crippen molar-refractivity contribution in [2.24, 2.45) is 11.3 Å². The molecular weight excluding hydrogens is 298 g/mol. The van der Waals surface area contributed by atoms with Crippen molar-refractivity contribution in [3.8, 4) is 0 Å². The zero-order valence-electron chi connectivity index (χ0n) is 10.4. The van der Waals surface area contributed by atoms with Crippen molar-refractivity contribution < 1.29 is 4.92 Å². The third kappa shape index (κ3) is 2.63. The predicted molar refractivity (Wildman–Crippen MR) is 73.6 cm³/mol. The summed E-state index contributed by atoms with van der Waals surface area (Å²) in [6, 6.07) is 1.48. The molecule has 0 spiro atoms. The summed E-state index contributed by atoms with van der Waals surface area (Å²) in [7, 11) is 0. The second kappa shape index (κ2) is 4.84. The van der Waals surface area contributed by atoms with E-state index in [1.54, 1.807) is 6.20 Å². The molecule has 0 aliphatic heterocycles. The largest absolute Gasteiger partial charge is 0.364 e. The lowest BCUT2D eigenvalue weighted by atomic mass is 9.92. The van der Waals surface area contributed by atoms with Crippen LogP contribution in [0.5, 0.6) is 0 Å². The highest BCUT2D eigenvalue weighted by Gasteiger charge is 2.45. The maximum Gasteiger partial charge on any atom is 0.312 e. The van der Waals surface area contributed by atoms with Crippen LogP contribution in [0.1, 0.15) is 26.7 Å². The van der Waals surface area contributed by atoms with E-state index in [4.69, 9.17) is 0 Å². The van der Waals surface area contributed by atoms with Crippen molar-refractivity contribution >= 4 is 27.4 Å². The maximum absolute atomic E-state index is 11.0. The summed E-state index contributed by atoms with van der Waals surface area (Å²) in [5, 5.41) is 14.1. The predicted octanol–water partition coefficient (Wildman–Crippen LogP) is 3.60. The summed E-state index contributed by atoms with van der Waals surface area (Å²) in [6.45, 7) is 5.14. The van der Waals surface area contributed by atoms with Crippen molar-refractivity contribution in [1.82, 2.24) is 4.98 Å². The molecule has 1 fully saturated rings. The molecule has 0 amide bonds. The van der Waals surface area contributed by atoms with Gasteiger partial charge in [-0.15, -0.1) is 0 Å². The summed E-state index contributed by atoms with van der Waals surface area (Å²) >= 11 is 3.20. The smallest absolute Gasteiger partial charge is 0.312 e. The number of aromatic nitrogens is 1. The Hall–Kier alpha value is -1.17. The molecule has 1 aromatic heterocycles. The van der Waals surface area contributed by atoms with E-state index in [0.717, 1.165) is 6.54 Å². The Bertz CT molecular complexity index is 472. The first-order valence-corrected chi connectivity index (χ1v) is 6.78. The van der Waals surface area contributed by atoms with Gasteiger partial charge in [-0.2, -0.15) is 0 Å². The van der Waals surface area contributed by atoms with Crippen molar-refractivity contribution in [2.75, 3.05) is 11.9 Å². The number of nitrogens with one attached hydrogen (secondary N) is 1. The molecule has 18 heavy (non-hydrogen) atoms. The van der Waals surface area contributed by atoms with Crippen LogP contribution < -0.4 is 5.32 Å². The van der Waals surface area contributed by atoms with Crippen LogP contribution in [0.3, 0.4) is 0 Å². The van der Waals surface area contributed by atoms with Gasteiger partial charge >= 0.3 is 5.69 Å². The van der Waals surface area contributed by atoms with Gasteiger partial charge in [-0.1, -0.05) is 13.8 Å². The summed E-state index contributed by atoms with van der Waals surface area (Å²) in [5.74, 6) is 0.939. The minimum Gasteiger partial charge on any atom is -0.364 e. The molecule has 0 saturated heterocycles. The highest BCUT2D eigenvalue weighted by atomic mass is 79.9. The Kier molecular flexibility index (Phi) is 3.56. The van der Waals surface area contributed by atoms with Crippen LogP contribution in [0.2, 0.25) is 0 Å². The Balaban J connectivity index is 2.12. The maximum atomic E-state index is 11.0. The lowest BCUT2D eigenvalue weighted by Gasteiger charge is -2.20. The molecule has 1 aliphatic rings. The summed E-state index contributed by atoms with van der Waals surface area (Å²) in [5.41, 5.74) is 0.312. The molecular formula is C12H16BrN3O2. The SMILES string of the molecule is CC(C)C1(CNc2ncc(Br)cc2[N+](=O)[O-])CC1. The lowest BCUT2D eigenvalue weighted by Crippen LogP contribution is -2.21. The molecule has 5 nitrogen and oxygen atoms in total. The van der Waals surface area contributed by atoms with Crippen LogP contribution >= 0.6 is 15.9 Å². The van der Waals surface area contributed by atoms with E-state index in [-0.39, 0.29) is 5.69 Å². The first-order valence-electron chi connectivity index (χ1n) is 5.98. The van der Waals surface area contributed by atoms with Gasteiger partial charge in [0.05, 0.1) is 4.92 Å². The van der Waals surface area contributed by atoms with E-state index in [9.17, 15) is 10.1 Å². The minimum absolute atomic E-state index is 0.0175. The van der Waals surface area contributed by atoms with Crippen molar-refractivity contribution in [1.29, 1.82) is 0 Å². The molecule has 0 unspecified atom stereocenters. The van der Waals surface area contributed by atoms with Gasteiger partial charge in [0.15, 0.2) is 0 Å². The van der Waals surface area contributed by atoms with E-state index in [2.05, 4.69) is 40.1 Å². The Morgan fingerprint density at radius 2 is 2.28 bits per heavy atom. The summed E-state index contributed by atoms with van der Waals surface area (Å²) in [6.07, 6.45) is 3.94. The van der Waals surface area contributed by atoms with Crippen LogP contribution in [-0.4, -0.2) is 16.5 Å². The van der Waals surface area contributed by atoms with Crippen LogP contribution in [0.15, 0.2) is 16.7 Å². The van der Waals surface area contributed by atoms with E-state index in [0.29, 0.717) is 21.6 Å². The topological polar surface area (TPSA) is 68.1 Å². The molecule has 1 saturated carbocycles. The molecule has 0 aromatic carbocycles. The summed E-state index contributed by atoms with van der Waals surface area (Å²) < 4.78 is 0.616. The number of halogens is 1. The van der Waals surface area contributed by atoms with Crippen LogP contribution in [-0.2, 0) is 0 Å². The number of hydrogen-bond acceptors (Lipinski definition) is 4. The second-order valence-electron chi connectivity index (χ2n) is 5.15. The third-order valence-electron chi connectivity index (χ3n) is 3.76. The van der Waals surface area contributed by atoms with Gasteiger partial charge in [0.1, 0.15) is 0 Å². The van der Waals surface area contributed by atoms with E-state index in [1.165, 1.54) is 18.9 Å². The molecule has 1 heterocycles. The zero-order chi connectivity index (χ0) is 13.3. The minimum atomic E-state index is -0.408. The number of pyridine rings is 1. The lowest BCUT2D eigenvalue weighted by molar-refractivity contribution is -0.384. The fraction of sp³-hybridized carbons (Fsp3) is 0.583. The third-order valence-corrected chi connectivity index (χ3v) is 4.19. The van der Waals surface area contributed by atoms with Gasteiger partial charge in [-0.3, -0.25) is 10.1 Å². The molecule has 1 N–H and O–H groups in total. The number of rotatable bonds is 5. The highest BCUT2D eigenvalue weighted by Crippen LogP contribution is 2.51. The molecule has 2 rings (SSSR count). The van der Waals surface area contributed by atoms with Gasteiger partial charge in [0, 0.05) is 23.3 Å². The first kappa shape index (κ1) is 13.3. The molecule has 1 aromatic rings. The molecule has 1 aliphatic carbocycles. The normalized spacial score (nSPS) is 16.7. The van der Waals surface area contributed by atoms with Crippen molar-refractivity contribution in [3.05, 3.63) is 26.9 Å². The molecule has 0 radical (unpaired) electrons. The molecule has 98 valence electrons. The highest BCUT2D eigenvalue weighted by molar-refractivity contribution is 9.10. The number of nitro groups is 1. The van der Waals surface area contributed by atoms with Gasteiger partial charge < -0.3 is 5.32 Å². The standard InChI is InChI=1S/C12H16BrN3O2/c1-8(2)12(3-4-12)7-15-11-10(16(17)18)5-9(13)6-14-11/h5-6,8H,3-4,7H2,1-2H3,(H,14,15). The monoisotopic (exact) mass is 313 g/mol. The van der Waals surface area contributed by atoms with Crippen LogP contribution in [0, 0.1) is 21.4 Å². The zero-order valence-corrected chi connectivity index (χ0v) is 12.0. The van der Waals surface area contributed by atoms with Crippen LogP contribution in [0.4, 0.5) is 11.5 Å². The molecule has 6 heteroatoms. The Labute approximate surface area is 114 Å². The Morgan fingerprint density at radius 1 is 1.61 bits per heavy atom. The van der Waals surface area contributed by atoms with Gasteiger partial charge in [-0.05, 0) is 40.1 Å². The van der Waals surface area contributed by atoms with Crippen molar-refractivity contribution in [3.63, 3.8) is 0 Å². The summed E-state index contributed by atoms with van der Waals surface area (Å²) in [4.78, 5) is 14.6. The van der Waals surface area contributed by atoms with Gasteiger partial charge in [0.25, 0.3) is 0 Å². The van der Waals surface area contributed by atoms with E-state index >= 15 is 0 Å². The fourth-order valence-corrected chi connectivity index (χ4v) is 2.40. The average Bonchev–Trinajstić information content (AvgIpc) is 3.08. The molecule has 0 bridgehead atoms. The number of nitrogens with zero attached hydrogens (tertiary/aromatic N) is 2. The fourth-order valence-electron chi connectivity index (χ4n) is 2.08. The van der Waals surface area contributed by atoms with E-state index < -0.39 is 4.92 Å². The quantitative estimate of drug-likeness (QED) is 0.666. The number of anilines is 1. The van der Waals surface area contributed by atoms with E-state index in [1.807, 2.05) is 0 Å². The van der Waals surface area contributed by atoms with Gasteiger partial charge in [0.2, 0.25) is 5.82 Å². The van der Waals surface area contributed by atoms with Gasteiger partial charge in [-0.25, -0.2) is 4.98 Å². The van der Waals surface area contributed by atoms with Crippen LogP contribution in [0.25, 0.3) is 0 Å². The number of hydrogen-bond donors (Lipinski definition) is 1. The Morgan fingerprint density at radius 3 is 2.78 bits per heavy atom. The average molecular weight is 314 g/mol. The second-order valence-corrected chi connectivity index (χ2v) is 6.06. The molecule has 0 atom stereocenters. The van der Waals surface area contributed by atoms with Crippen molar-refractivity contribution in [2.45, 2.75) is 26.7 Å². The first-order chi connectivity index (χ1) is 8.44.